The van der Waals surface area contributed by atoms with Gasteiger partial charge < -0.3 is 9.84 Å². The summed E-state index contributed by atoms with van der Waals surface area (Å²) in [5, 5.41) is 11.3. The van der Waals surface area contributed by atoms with Gasteiger partial charge in [-0.1, -0.05) is 62.4 Å². The maximum atomic E-state index is 13.3. The van der Waals surface area contributed by atoms with E-state index in [1.54, 1.807) is 36.4 Å². The largest absolute Gasteiger partial charge is 0.507 e. The molecule has 0 saturated carbocycles. The van der Waals surface area contributed by atoms with Crippen molar-refractivity contribution in [1.29, 1.82) is 0 Å². The van der Waals surface area contributed by atoms with Gasteiger partial charge in [0.05, 0.1) is 17.7 Å². The molecule has 180 valence electrons. The van der Waals surface area contributed by atoms with Crippen LogP contribution in [-0.4, -0.2) is 22.9 Å². The second-order valence-corrected chi connectivity index (χ2v) is 8.98. The van der Waals surface area contributed by atoms with Crippen LogP contribution in [0.5, 0.6) is 5.75 Å². The second kappa shape index (κ2) is 10.2. The summed E-state index contributed by atoms with van der Waals surface area (Å²) in [5.41, 5.74) is 4.19. The number of ether oxygens (including phenoxy) is 1. The summed E-state index contributed by atoms with van der Waals surface area (Å²) in [7, 11) is 0. The zero-order valence-electron chi connectivity index (χ0n) is 20.6. The average Bonchev–Trinajstić information content (AvgIpc) is 3.14. The highest BCUT2D eigenvalue weighted by Gasteiger charge is 2.46. The Morgan fingerprint density at radius 1 is 0.857 bits per heavy atom. The highest BCUT2D eigenvalue weighted by molar-refractivity contribution is 6.51. The van der Waals surface area contributed by atoms with E-state index in [1.165, 1.54) is 4.90 Å². The molecule has 3 aromatic rings. The quantitative estimate of drug-likeness (QED) is 0.253. The summed E-state index contributed by atoms with van der Waals surface area (Å²) < 4.78 is 5.73. The van der Waals surface area contributed by atoms with Crippen LogP contribution in [0.2, 0.25) is 0 Å². The van der Waals surface area contributed by atoms with Gasteiger partial charge in [-0.2, -0.15) is 0 Å². The van der Waals surface area contributed by atoms with Crippen molar-refractivity contribution in [2.45, 2.75) is 52.7 Å². The summed E-state index contributed by atoms with van der Waals surface area (Å²) in [4.78, 5) is 28.1. The Hall–Kier alpha value is -3.86. The Bertz CT molecular complexity index is 1240. The van der Waals surface area contributed by atoms with Crippen LogP contribution in [0.25, 0.3) is 5.76 Å². The highest BCUT2D eigenvalue weighted by Crippen LogP contribution is 2.42. The van der Waals surface area contributed by atoms with E-state index < -0.39 is 17.7 Å². The number of ketones is 1. The Balaban J connectivity index is 1.85. The molecule has 0 spiro atoms. The molecule has 1 amide bonds. The number of rotatable bonds is 7. The van der Waals surface area contributed by atoms with Crippen molar-refractivity contribution in [3.05, 3.63) is 101 Å². The molecule has 0 aliphatic carbocycles. The van der Waals surface area contributed by atoms with Gasteiger partial charge in [0, 0.05) is 11.3 Å². The third kappa shape index (κ3) is 4.85. The van der Waals surface area contributed by atoms with E-state index in [0.717, 1.165) is 29.5 Å². The average molecular weight is 470 g/mol. The van der Waals surface area contributed by atoms with E-state index in [-0.39, 0.29) is 17.4 Å². The molecule has 1 atom stereocenters. The Kier molecular flexibility index (Phi) is 7.06. The lowest BCUT2D eigenvalue weighted by molar-refractivity contribution is -0.132. The number of Topliss-reactive ketones (excluding diaryl/α,β-unsaturated/α-hetero) is 1. The first-order valence-corrected chi connectivity index (χ1v) is 12.1. The maximum absolute atomic E-state index is 13.3. The fourth-order valence-electron chi connectivity index (χ4n) is 4.36. The molecule has 5 nitrogen and oxygen atoms in total. The fourth-order valence-corrected chi connectivity index (χ4v) is 4.36. The predicted octanol–water partition coefficient (Wildman–Crippen LogP) is 6.22. The smallest absolute Gasteiger partial charge is 0.300 e. The molecular weight excluding hydrogens is 438 g/mol. The number of carbonyl (C=O) groups is 2. The first-order chi connectivity index (χ1) is 16.8. The molecule has 3 aromatic carbocycles. The zero-order valence-corrected chi connectivity index (χ0v) is 20.6. The molecule has 1 aliphatic rings. The molecule has 1 aliphatic heterocycles. The van der Waals surface area contributed by atoms with Gasteiger partial charge in [-0.05, 0) is 67.6 Å². The van der Waals surface area contributed by atoms with E-state index in [0.29, 0.717) is 17.0 Å². The van der Waals surface area contributed by atoms with Crippen molar-refractivity contribution in [2.75, 3.05) is 4.90 Å². The number of aliphatic hydroxyl groups excluding tert-OH is 1. The molecule has 0 radical (unpaired) electrons. The lowest BCUT2D eigenvalue weighted by Gasteiger charge is -2.26. The first-order valence-electron chi connectivity index (χ1n) is 12.1. The molecule has 1 saturated heterocycles. The van der Waals surface area contributed by atoms with Gasteiger partial charge in [0.25, 0.3) is 11.7 Å². The van der Waals surface area contributed by atoms with E-state index in [2.05, 4.69) is 13.8 Å². The van der Waals surface area contributed by atoms with Gasteiger partial charge in [0.15, 0.2) is 0 Å². The van der Waals surface area contributed by atoms with Crippen molar-refractivity contribution < 1.29 is 19.4 Å². The normalized spacial score (nSPS) is 17.3. The van der Waals surface area contributed by atoms with Crippen molar-refractivity contribution >= 4 is 23.1 Å². The van der Waals surface area contributed by atoms with E-state index in [4.69, 9.17) is 4.74 Å². The van der Waals surface area contributed by atoms with Gasteiger partial charge >= 0.3 is 0 Å². The monoisotopic (exact) mass is 469 g/mol. The van der Waals surface area contributed by atoms with E-state index in [1.807, 2.05) is 50.2 Å². The maximum Gasteiger partial charge on any atom is 0.300 e. The molecule has 0 aromatic heterocycles. The third-order valence-electron chi connectivity index (χ3n) is 6.27. The van der Waals surface area contributed by atoms with Crippen LogP contribution in [0.3, 0.4) is 0 Å². The number of anilines is 1. The van der Waals surface area contributed by atoms with Crippen molar-refractivity contribution in [2.24, 2.45) is 0 Å². The number of carbonyl (C=O) groups excluding carboxylic acids is 2. The molecule has 4 rings (SSSR count). The summed E-state index contributed by atoms with van der Waals surface area (Å²) in [6.45, 7) is 8.01. The number of amides is 1. The third-order valence-corrected chi connectivity index (χ3v) is 6.27. The number of aliphatic hydroxyl groups is 1. The molecule has 0 bridgehead atoms. The number of aryl methyl sites for hydroxylation is 2. The van der Waals surface area contributed by atoms with Gasteiger partial charge in [-0.3, -0.25) is 14.5 Å². The number of nitrogens with zero attached hydrogens (tertiary/aromatic N) is 1. The van der Waals surface area contributed by atoms with Gasteiger partial charge in [0.2, 0.25) is 0 Å². The van der Waals surface area contributed by atoms with Gasteiger partial charge in [-0.15, -0.1) is 0 Å². The van der Waals surface area contributed by atoms with Gasteiger partial charge in [-0.25, -0.2) is 0 Å². The molecule has 1 heterocycles. The van der Waals surface area contributed by atoms with Crippen molar-refractivity contribution in [1.82, 2.24) is 0 Å². The van der Waals surface area contributed by atoms with E-state index in [9.17, 15) is 14.7 Å². The standard InChI is InChI=1S/C30H31NO4/c1-5-20-7-11-22(12-8-20)27-26(28(32)23-13-9-21(6-2)10-14-23)29(33)30(34)31(27)24-15-17-25(18-16-24)35-19(3)4/h7-19,27,32H,5-6H2,1-4H3/b28-26+. The minimum Gasteiger partial charge on any atom is -0.507 e. The van der Waals surface area contributed by atoms with Crippen LogP contribution >= 0.6 is 0 Å². The van der Waals surface area contributed by atoms with Crippen molar-refractivity contribution in [3.63, 3.8) is 0 Å². The SMILES string of the molecule is CCc1ccc(/C(O)=C2\C(=O)C(=O)N(c3ccc(OC(C)C)cc3)C2c2ccc(CC)cc2)cc1. The second-order valence-electron chi connectivity index (χ2n) is 8.98. The summed E-state index contributed by atoms with van der Waals surface area (Å²) in [6, 6.07) is 21.6. The van der Waals surface area contributed by atoms with Crippen LogP contribution in [-0.2, 0) is 22.4 Å². The van der Waals surface area contributed by atoms with Crippen LogP contribution in [0.1, 0.15) is 56.0 Å². The Morgan fingerprint density at radius 3 is 1.91 bits per heavy atom. The summed E-state index contributed by atoms with van der Waals surface area (Å²) in [6.07, 6.45) is 1.76. The van der Waals surface area contributed by atoms with Crippen LogP contribution in [0.15, 0.2) is 78.4 Å². The fraction of sp³-hybridized carbons (Fsp3) is 0.267. The topological polar surface area (TPSA) is 66.8 Å². The minimum atomic E-state index is -0.747. The first kappa shape index (κ1) is 24.3. The highest BCUT2D eigenvalue weighted by atomic mass is 16.5. The van der Waals surface area contributed by atoms with Gasteiger partial charge in [0.1, 0.15) is 11.5 Å². The molecule has 35 heavy (non-hydrogen) atoms. The summed E-state index contributed by atoms with van der Waals surface area (Å²) >= 11 is 0. The lowest BCUT2D eigenvalue weighted by Crippen LogP contribution is -2.29. The molecule has 1 fully saturated rings. The molecule has 1 N–H and O–H groups in total. The van der Waals surface area contributed by atoms with Crippen molar-refractivity contribution in [3.8, 4) is 5.75 Å². The Labute approximate surface area is 206 Å². The molecular formula is C30H31NO4. The Morgan fingerprint density at radius 2 is 1.40 bits per heavy atom. The van der Waals surface area contributed by atoms with Crippen LogP contribution in [0, 0.1) is 0 Å². The molecule has 5 heteroatoms. The number of hydrogen-bond donors (Lipinski definition) is 1. The zero-order chi connectivity index (χ0) is 25.1. The van der Waals surface area contributed by atoms with Crippen LogP contribution in [0.4, 0.5) is 5.69 Å². The lowest BCUT2D eigenvalue weighted by atomic mass is 9.94. The van der Waals surface area contributed by atoms with E-state index >= 15 is 0 Å². The number of hydrogen-bond acceptors (Lipinski definition) is 4. The summed E-state index contributed by atoms with van der Waals surface area (Å²) in [5.74, 6) is -0.856. The number of benzene rings is 3. The minimum absolute atomic E-state index is 0.0197. The predicted molar refractivity (Wildman–Crippen MR) is 139 cm³/mol. The van der Waals surface area contributed by atoms with Crippen LogP contribution < -0.4 is 9.64 Å². The molecule has 1 unspecified atom stereocenters.